The Morgan fingerprint density at radius 2 is 1.79 bits per heavy atom. The van der Waals surface area contributed by atoms with Gasteiger partial charge in [-0.25, -0.2) is 4.98 Å². The van der Waals surface area contributed by atoms with Crippen molar-refractivity contribution in [2.24, 2.45) is 0 Å². The summed E-state index contributed by atoms with van der Waals surface area (Å²) in [6.07, 6.45) is 4.40. The maximum absolute atomic E-state index is 13.6. The topological polar surface area (TPSA) is 50.8 Å². The molecule has 4 aromatic rings. The van der Waals surface area contributed by atoms with Gasteiger partial charge in [-0.2, -0.15) is 0 Å². The van der Waals surface area contributed by atoms with Crippen molar-refractivity contribution in [2.45, 2.75) is 6.92 Å². The largest absolute Gasteiger partial charge is 0.460 e. The van der Waals surface area contributed by atoms with Gasteiger partial charge in [0.15, 0.2) is 5.76 Å². The van der Waals surface area contributed by atoms with Crippen LogP contribution in [0.25, 0.3) is 28.4 Å². The fourth-order valence-corrected chi connectivity index (χ4v) is 4.38. The van der Waals surface area contributed by atoms with Crippen LogP contribution >= 0.6 is 0 Å². The van der Waals surface area contributed by atoms with Crippen molar-refractivity contribution in [1.29, 1.82) is 0 Å². The van der Waals surface area contributed by atoms with E-state index in [2.05, 4.69) is 36.4 Å². The number of para-hydroxylation sites is 1. The number of aryl methyl sites for hydroxylation is 1. The first-order valence-electron chi connectivity index (χ1n) is 11.5. The summed E-state index contributed by atoms with van der Waals surface area (Å²) in [4.78, 5) is 21.8. The summed E-state index contributed by atoms with van der Waals surface area (Å²) >= 11 is 0. The van der Waals surface area contributed by atoms with Crippen molar-refractivity contribution >= 4 is 22.9 Å². The van der Waals surface area contributed by atoms with E-state index < -0.39 is 0 Å². The lowest BCUT2D eigenvalue weighted by Gasteiger charge is -2.32. The second-order valence-corrected chi connectivity index (χ2v) is 8.54. The van der Waals surface area contributed by atoms with E-state index in [0.29, 0.717) is 17.0 Å². The van der Waals surface area contributed by atoms with Gasteiger partial charge in [-0.15, -0.1) is 0 Å². The normalized spacial score (nSPS) is 14.9. The number of pyridine rings is 1. The Morgan fingerprint density at radius 1 is 1.03 bits per heavy atom. The number of amides is 1. The maximum atomic E-state index is 13.6. The van der Waals surface area contributed by atoms with Crippen LogP contribution in [0.3, 0.4) is 0 Å². The second kappa shape index (κ2) is 9.43. The molecular weight excluding hydrogens is 410 g/mol. The van der Waals surface area contributed by atoms with Gasteiger partial charge in [0.25, 0.3) is 5.91 Å². The molecule has 0 atom stereocenters. The zero-order chi connectivity index (χ0) is 22.6. The van der Waals surface area contributed by atoms with Crippen LogP contribution in [0.1, 0.15) is 21.7 Å². The third-order valence-corrected chi connectivity index (χ3v) is 6.21. The monoisotopic (exact) mass is 438 g/mol. The molecule has 1 aliphatic rings. The summed E-state index contributed by atoms with van der Waals surface area (Å²) in [5.41, 5.74) is 3.41. The molecule has 0 unspecified atom stereocenters. The number of carbonyl (C=O) groups is 1. The summed E-state index contributed by atoms with van der Waals surface area (Å²) in [5.74, 6) is 1.58. The Hall–Kier alpha value is -3.70. The van der Waals surface area contributed by atoms with Crippen LogP contribution in [0, 0.1) is 6.92 Å². The number of benzene rings is 2. The summed E-state index contributed by atoms with van der Waals surface area (Å²) in [7, 11) is 0. The molecule has 5 nitrogen and oxygen atoms in total. The summed E-state index contributed by atoms with van der Waals surface area (Å²) in [6.45, 7) is 6.26. The minimum atomic E-state index is 0.0667. The SMILES string of the molecule is Cc1ccc(-c2cc(C(=O)N3CC[NH+](CC=Cc4ccccc4)CC3)c3ccccc3n2)o1. The number of furan rings is 1. The van der Waals surface area contributed by atoms with Crippen molar-refractivity contribution in [1.82, 2.24) is 9.88 Å². The summed E-state index contributed by atoms with van der Waals surface area (Å²) < 4.78 is 5.79. The van der Waals surface area contributed by atoms with E-state index in [1.807, 2.05) is 60.4 Å². The van der Waals surface area contributed by atoms with Crippen LogP contribution in [0.4, 0.5) is 0 Å². The molecule has 2 aromatic heterocycles. The smallest absolute Gasteiger partial charge is 0.255 e. The van der Waals surface area contributed by atoms with Gasteiger partial charge in [0.05, 0.1) is 43.8 Å². The van der Waals surface area contributed by atoms with E-state index >= 15 is 0 Å². The quantitative estimate of drug-likeness (QED) is 0.515. The molecule has 1 aliphatic heterocycles. The molecule has 5 rings (SSSR count). The van der Waals surface area contributed by atoms with Gasteiger partial charge >= 0.3 is 0 Å². The van der Waals surface area contributed by atoms with Gasteiger partial charge in [0.1, 0.15) is 11.5 Å². The standard InChI is InChI=1S/C28H27N3O2/c1-21-13-14-27(33-21)26-20-24(23-11-5-6-12-25(23)29-26)28(32)31-18-16-30(17-19-31)15-7-10-22-8-3-2-4-9-22/h2-14,20H,15-19H2,1H3/p+1. The molecule has 1 saturated heterocycles. The Morgan fingerprint density at radius 3 is 2.55 bits per heavy atom. The lowest BCUT2D eigenvalue weighted by molar-refractivity contribution is -0.898. The van der Waals surface area contributed by atoms with Crippen molar-refractivity contribution in [3.8, 4) is 11.5 Å². The molecule has 0 aliphatic carbocycles. The Labute approximate surface area is 194 Å². The highest BCUT2D eigenvalue weighted by Crippen LogP contribution is 2.27. The summed E-state index contributed by atoms with van der Waals surface area (Å²) in [5, 5.41) is 0.884. The summed E-state index contributed by atoms with van der Waals surface area (Å²) in [6, 6.07) is 23.9. The first-order chi connectivity index (χ1) is 16.2. The fourth-order valence-electron chi connectivity index (χ4n) is 4.38. The third-order valence-electron chi connectivity index (χ3n) is 6.21. The number of aromatic nitrogens is 1. The molecule has 166 valence electrons. The average molecular weight is 439 g/mol. The lowest BCUT2D eigenvalue weighted by Crippen LogP contribution is -3.14. The van der Waals surface area contributed by atoms with Gasteiger partial charge in [-0.3, -0.25) is 4.79 Å². The van der Waals surface area contributed by atoms with E-state index in [1.54, 1.807) is 0 Å². The number of fused-ring (bicyclic) bond motifs is 1. The van der Waals surface area contributed by atoms with Crippen LogP contribution in [0.5, 0.6) is 0 Å². The Kier molecular flexibility index (Phi) is 6.05. The number of nitrogens with one attached hydrogen (secondary N) is 1. The molecule has 33 heavy (non-hydrogen) atoms. The predicted molar refractivity (Wildman–Crippen MR) is 131 cm³/mol. The first-order valence-corrected chi connectivity index (χ1v) is 11.5. The number of carbonyl (C=O) groups excluding carboxylic acids is 1. The van der Waals surface area contributed by atoms with Crippen molar-refractivity contribution in [3.63, 3.8) is 0 Å². The Balaban J connectivity index is 1.31. The van der Waals surface area contributed by atoms with Crippen molar-refractivity contribution in [3.05, 3.63) is 95.8 Å². The number of rotatable bonds is 5. The van der Waals surface area contributed by atoms with Gasteiger partial charge in [-0.05, 0) is 42.8 Å². The second-order valence-electron chi connectivity index (χ2n) is 8.54. The molecule has 0 bridgehead atoms. The van der Waals surface area contributed by atoms with Gasteiger partial charge in [0.2, 0.25) is 0 Å². The average Bonchev–Trinajstić information content (AvgIpc) is 3.30. The van der Waals surface area contributed by atoms with Gasteiger partial charge in [0, 0.05) is 5.39 Å². The highest BCUT2D eigenvalue weighted by atomic mass is 16.3. The molecule has 0 spiro atoms. The highest BCUT2D eigenvalue weighted by molar-refractivity contribution is 6.07. The van der Waals surface area contributed by atoms with Crippen LogP contribution in [0.15, 0.2) is 83.3 Å². The lowest BCUT2D eigenvalue weighted by atomic mass is 10.0. The Bertz CT molecular complexity index is 1290. The molecule has 0 radical (unpaired) electrons. The van der Waals surface area contributed by atoms with Crippen molar-refractivity contribution in [2.75, 3.05) is 32.7 Å². The molecule has 0 saturated carbocycles. The molecular formula is C28H28N3O2+. The number of hydrogen-bond donors (Lipinski definition) is 1. The van der Waals surface area contributed by atoms with Gasteiger partial charge < -0.3 is 14.2 Å². The predicted octanol–water partition coefficient (Wildman–Crippen LogP) is 3.86. The van der Waals surface area contributed by atoms with E-state index in [4.69, 9.17) is 9.40 Å². The van der Waals surface area contributed by atoms with E-state index in [0.717, 1.165) is 49.4 Å². The van der Waals surface area contributed by atoms with Crippen LogP contribution in [-0.2, 0) is 0 Å². The van der Waals surface area contributed by atoms with E-state index in [9.17, 15) is 4.79 Å². The van der Waals surface area contributed by atoms with E-state index in [1.165, 1.54) is 10.5 Å². The van der Waals surface area contributed by atoms with Crippen LogP contribution in [-0.4, -0.2) is 48.5 Å². The number of piperazine rings is 1. The molecule has 2 aromatic carbocycles. The zero-order valence-electron chi connectivity index (χ0n) is 18.8. The fraction of sp³-hybridized carbons (Fsp3) is 0.214. The van der Waals surface area contributed by atoms with Crippen LogP contribution in [0.2, 0.25) is 0 Å². The number of quaternary nitrogens is 1. The van der Waals surface area contributed by atoms with Crippen molar-refractivity contribution < 1.29 is 14.1 Å². The zero-order valence-corrected chi connectivity index (χ0v) is 18.8. The molecule has 1 amide bonds. The van der Waals surface area contributed by atoms with Gasteiger partial charge in [-0.1, -0.05) is 54.6 Å². The number of nitrogens with zero attached hydrogens (tertiary/aromatic N) is 2. The molecule has 1 fully saturated rings. The maximum Gasteiger partial charge on any atom is 0.255 e. The minimum Gasteiger partial charge on any atom is -0.460 e. The minimum absolute atomic E-state index is 0.0667. The first kappa shape index (κ1) is 21.2. The molecule has 3 heterocycles. The highest BCUT2D eigenvalue weighted by Gasteiger charge is 2.26. The molecule has 1 N–H and O–H groups in total. The van der Waals surface area contributed by atoms with Crippen LogP contribution < -0.4 is 4.90 Å². The van der Waals surface area contributed by atoms with E-state index in [-0.39, 0.29) is 5.91 Å². The number of hydrogen-bond acceptors (Lipinski definition) is 3. The molecule has 5 heteroatoms. The third kappa shape index (κ3) is 4.73.